The molecular weight excluding hydrogens is 388 g/mol. The van der Waals surface area contributed by atoms with E-state index in [0.717, 1.165) is 71.2 Å². The SMILES string of the molecule is CCN(CC)C(CNC(=NC)N1CCC(OCC2CCCCO2)CC1)c1ccccc1. The van der Waals surface area contributed by atoms with Crippen molar-refractivity contribution in [2.75, 3.05) is 53.0 Å². The molecule has 31 heavy (non-hydrogen) atoms. The first kappa shape index (κ1) is 24.0. The van der Waals surface area contributed by atoms with E-state index in [1.165, 1.54) is 18.4 Å². The maximum Gasteiger partial charge on any atom is 0.193 e. The molecule has 0 bridgehead atoms. The molecule has 2 fully saturated rings. The predicted molar refractivity (Wildman–Crippen MR) is 128 cm³/mol. The zero-order valence-corrected chi connectivity index (χ0v) is 19.8. The number of hydrogen-bond donors (Lipinski definition) is 1. The average molecular weight is 431 g/mol. The van der Waals surface area contributed by atoms with Crippen molar-refractivity contribution in [2.24, 2.45) is 4.99 Å². The molecule has 1 N–H and O–H groups in total. The minimum Gasteiger partial charge on any atom is -0.376 e. The number of benzene rings is 1. The quantitative estimate of drug-likeness (QED) is 0.478. The Hall–Kier alpha value is -1.63. The third-order valence-electron chi connectivity index (χ3n) is 6.64. The van der Waals surface area contributed by atoms with Crippen LogP contribution in [-0.4, -0.2) is 81.0 Å². The number of ether oxygens (including phenoxy) is 2. The van der Waals surface area contributed by atoms with Crippen LogP contribution in [0.1, 0.15) is 57.6 Å². The number of piperidine rings is 1. The second-order valence-corrected chi connectivity index (χ2v) is 8.58. The number of guanidine groups is 1. The van der Waals surface area contributed by atoms with Crippen molar-refractivity contribution >= 4 is 5.96 Å². The summed E-state index contributed by atoms with van der Waals surface area (Å²) in [6, 6.07) is 11.1. The summed E-state index contributed by atoms with van der Waals surface area (Å²) in [7, 11) is 1.89. The molecule has 1 aromatic rings. The van der Waals surface area contributed by atoms with Crippen molar-refractivity contribution in [3.05, 3.63) is 35.9 Å². The van der Waals surface area contributed by atoms with E-state index in [4.69, 9.17) is 9.47 Å². The number of nitrogens with one attached hydrogen (secondary N) is 1. The zero-order valence-electron chi connectivity index (χ0n) is 19.8. The molecule has 2 atom stereocenters. The van der Waals surface area contributed by atoms with Crippen molar-refractivity contribution < 1.29 is 9.47 Å². The van der Waals surface area contributed by atoms with Gasteiger partial charge in [0.25, 0.3) is 0 Å². The van der Waals surface area contributed by atoms with E-state index in [9.17, 15) is 0 Å². The number of likely N-dealkylation sites (N-methyl/N-ethyl adjacent to an activating group) is 1. The summed E-state index contributed by atoms with van der Waals surface area (Å²) in [6.07, 6.45) is 6.34. The summed E-state index contributed by atoms with van der Waals surface area (Å²) in [5.41, 5.74) is 1.35. The third kappa shape index (κ3) is 7.19. The van der Waals surface area contributed by atoms with Gasteiger partial charge in [0.15, 0.2) is 5.96 Å². The van der Waals surface area contributed by atoms with E-state index in [0.29, 0.717) is 18.2 Å². The Labute approximate surface area is 189 Å². The van der Waals surface area contributed by atoms with Crippen LogP contribution in [0, 0.1) is 0 Å². The van der Waals surface area contributed by atoms with Crippen molar-refractivity contribution in [3.8, 4) is 0 Å². The molecule has 6 nitrogen and oxygen atoms in total. The maximum absolute atomic E-state index is 6.18. The van der Waals surface area contributed by atoms with Gasteiger partial charge in [-0.25, -0.2) is 0 Å². The standard InChI is InChI=1S/C25H42N4O2/c1-4-28(5-2)24(21-11-7-6-8-12-21)19-27-25(26-3)29-16-14-22(15-17-29)31-20-23-13-9-10-18-30-23/h6-8,11-12,22-24H,4-5,9-10,13-20H2,1-3H3,(H,26,27). The lowest BCUT2D eigenvalue weighted by atomic mass is 10.0. The molecule has 1 aromatic carbocycles. The lowest BCUT2D eigenvalue weighted by molar-refractivity contribution is -0.0721. The smallest absolute Gasteiger partial charge is 0.193 e. The minimum atomic E-state index is 0.302. The number of hydrogen-bond acceptors (Lipinski definition) is 4. The van der Waals surface area contributed by atoms with Gasteiger partial charge < -0.3 is 19.7 Å². The molecular formula is C25H42N4O2. The highest BCUT2D eigenvalue weighted by Gasteiger charge is 2.25. The first-order chi connectivity index (χ1) is 15.2. The Morgan fingerprint density at radius 3 is 2.52 bits per heavy atom. The monoisotopic (exact) mass is 430 g/mol. The van der Waals surface area contributed by atoms with E-state index >= 15 is 0 Å². The van der Waals surface area contributed by atoms with Crippen LogP contribution in [0.15, 0.2) is 35.3 Å². The number of likely N-dealkylation sites (tertiary alicyclic amines) is 1. The van der Waals surface area contributed by atoms with Crippen LogP contribution in [-0.2, 0) is 9.47 Å². The van der Waals surface area contributed by atoms with Gasteiger partial charge in [0.1, 0.15) is 0 Å². The molecule has 0 saturated carbocycles. The van der Waals surface area contributed by atoms with E-state index in [1.54, 1.807) is 0 Å². The van der Waals surface area contributed by atoms with Crippen LogP contribution < -0.4 is 5.32 Å². The number of aliphatic imine (C=N–C) groups is 1. The summed E-state index contributed by atoms with van der Waals surface area (Å²) < 4.78 is 12.0. The van der Waals surface area contributed by atoms with Crippen LogP contribution in [0.2, 0.25) is 0 Å². The fourth-order valence-corrected chi connectivity index (χ4v) is 4.73. The molecule has 0 spiro atoms. The summed E-state index contributed by atoms with van der Waals surface area (Å²) in [4.78, 5) is 9.46. The number of rotatable bonds is 9. The van der Waals surface area contributed by atoms with Gasteiger partial charge in [0, 0.05) is 33.3 Å². The van der Waals surface area contributed by atoms with Crippen molar-refractivity contribution in [3.63, 3.8) is 0 Å². The molecule has 2 unspecified atom stereocenters. The van der Waals surface area contributed by atoms with Crippen LogP contribution in [0.25, 0.3) is 0 Å². The van der Waals surface area contributed by atoms with Gasteiger partial charge in [-0.2, -0.15) is 0 Å². The third-order valence-corrected chi connectivity index (χ3v) is 6.64. The Morgan fingerprint density at radius 1 is 1.16 bits per heavy atom. The van der Waals surface area contributed by atoms with Crippen LogP contribution >= 0.6 is 0 Å². The molecule has 174 valence electrons. The van der Waals surface area contributed by atoms with Crippen molar-refractivity contribution in [2.45, 2.75) is 64.2 Å². The predicted octanol–water partition coefficient (Wildman–Crippen LogP) is 3.70. The Balaban J connectivity index is 1.48. The second kappa shape index (κ2) is 13.0. The Morgan fingerprint density at radius 2 is 1.90 bits per heavy atom. The Bertz CT molecular complexity index is 636. The molecule has 2 aliphatic heterocycles. The van der Waals surface area contributed by atoms with Crippen molar-refractivity contribution in [1.82, 2.24) is 15.1 Å². The van der Waals surface area contributed by atoms with Crippen molar-refractivity contribution in [1.29, 1.82) is 0 Å². The van der Waals surface area contributed by atoms with Gasteiger partial charge in [-0.1, -0.05) is 44.2 Å². The summed E-state index contributed by atoms with van der Waals surface area (Å²) in [5.74, 6) is 1.00. The normalized spacial score (nSPS) is 22.0. The molecule has 0 radical (unpaired) electrons. The van der Waals surface area contributed by atoms with Gasteiger partial charge in [0.05, 0.1) is 24.9 Å². The van der Waals surface area contributed by atoms with Gasteiger partial charge in [-0.15, -0.1) is 0 Å². The lowest BCUT2D eigenvalue weighted by Crippen LogP contribution is -2.49. The van der Waals surface area contributed by atoms with Gasteiger partial charge in [0.2, 0.25) is 0 Å². The zero-order chi connectivity index (χ0) is 21.9. The molecule has 3 rings (SSSR count). The van der Waals surface area contributed by atoms with Crippen LogP contribution in [0.4, 0.5) is 0 Å². The van der Waals surface area contributed by atoms with E-state index in [2.05, 4.69) is 64.3 Å². The first-order valence-electron chi connectivity index (χ1n) is 12.2. The molecule has 0 amide bonds. The second-order valence-electron chi connectivity index (χ2n) is 8.58. The van der Waals surface area contributed by atoms with Crippen LogP contribution in [0.3, 0.4) is 0 Å². The highest BCUT2D eigenvalue weighted by atomic mass is 16.5. The highest BCUT2D eigenvalue weighted by Crippen LogP contribution is 2.21. The summed E-state index contributed by atoms with van der Waals surface area (Å²) in [5, 5.41) is 3.66. The summed E-state index contributed by atoms with van der Waals surface area (Å²) in [6.45, 7) is 11.0. The number of nitrogens with zero attached hydrogens (tertiary/aromatic N) is 3. The fraction of sp³-hybridized carbons (Fsp3) is 0.720. The lowest BCUT2D eigenvalue weighted by Gasteiger charge is -2.36. The maximum atomic E-state index is 6.18. The van der Waals surface area contributed by atoms with Crippen LogP contribution in [0.5, 0.6) is 0 Å². The van der Waals surface area contributed by atoms with Gasteiger partial charge in [-0.05, 0) is 50.8 Å². The topological polar surface area (TPSA) is 49.3 Å². The highest BCUT2D eigenvalue weighted by molar-refractivity contribution is 5.80. The summed E-state index contributed by atoms with van der Waals surface area (Å²) >= 11 is 0. The molecule has 0 aromatic heterocycles. The average Bonchev–Trinajstić information content (AvgIpc) is 2.84. The van der Waals surface area contributed by atoms with E-state index in [-0.39, 0.29) is 0 Å². The molecule has 2 heterocycles. The fourth-order valence-electron chi connectivity index (χ4n) is 4.73. The molecule has 6 heteroatoms. The van der Waals surface area contributed by atoms with E-state index in [1.807, 2.05) is 7.05 Å². The molecule has 0 aliphatic carbocycles. The van der Waals surface area contributed by atoms with Gasteiger partial charge in [-0.3, -0.25) is 9.89 Å². The largest absolute Gasteiger partial charge is 0.376 e. The van der Waals surface area contributed by atoms with E-state index < -0.39 is 0 Å². The minimum absolute atomic E-state index is 0.302. The van der Waals surface area contributed by atoms with Gasteiger partial charge >= 0.3 is 0 Å². The molecule has 2 saturated heterocycles. The molecule has 2 aliphatic rings. The first-order valence-corrected chi connectivity index (χ1v) is 12.2. The Kier molecular flexibility index (Phi) is 10.1.